The van der Waals surface area contributed by atoms with E-state index in [-0.39, 0.29) is 28.5 Å². The number of hydrogen-bond donors (Lipinski definition) is 1. The number of nitrogens with one attached hydrogen (secondary N) is 1. The summed E-state index contributed by atoms with van der Waals surface area (Å²) in [5, 5.41) is 3.43. The maximum atomic E-state index is 14.8. The smallest absolute Gasteiger partial charge is 0.324 e. The minimum Gasteiger partial charge on any atom is -0.324 e. The molecule has 4 heterocycles. The third kappa shape index (κ3) is 4.11. The highest BCUT2D eigenvalue weighted by atomic mass is 19.4. The highest BCUT2D eigenvalue weighted by molar-refractivity contribution is 5.79. The number of fused-ring (bicyclic) bond motifs is 1. The number of likely N-dealkylation sites (N-methyl/N-ethyl adjacent to an activating group) is 1. The quantitative estimate of drug-likeness (QED) is 0.313. The number of aryl methyl sites for hydroxylation is 1. The van der Waals surface area contributed by atoms with Crippen LogP contribution in [0.15, 0.2) is 42.7 Å². The zero-order valence-corrected chi connectivity index (χ0v) is 21.4. The molecule has 198 valence electrons. The Morgan fingerprint density at radius 3 is 2.66 bits per heavy atom. The number of benzene rings is 1. The molecule has 1 aliphatic carbocycles. The van der Waals surface area contributed by atoms with Gasteiger partial charge in [-0.05, 0) is 87.0 Å². The lowest BCUT2D eigenvalue weighted by Crippen LogP contribution is -2.37. The standard InChI is InChI=1S/C28H28F4N6/c1-27(2,28(30,31)32)22-8-5-9-23(35-22)38-15-21(29)20-12-33-26(36-25(20)38)34-19-10-16-6-4-7-17-13-37(3)14-18(11-19)24(16)17/h5,8-12,15,17H,4,6-7,13-14H2,1-3H3,(H,33,34,36). The maximum Gasteiger partial charge on any atom is 0.399 e. The highest BCUT2D eigenvalue weighted by Gasteiger charge is 2.49. The lowest BCUT2D eigenvalue weighted by molar-refractivity contribution is -0.181. The van der Waals surface area contributed by atoms with E-state index >= 15 is 0 Å². The first-order valence-electron chi connectivity index (χ1n) is 12.7. The van der Waals surface area contributed by atoms with Gasteiger partial charge >= 0.3 is 6.18 Å². The SMILES string of the molecule is CN1Cc2cc(Nc3ncc4c(F)cn(-c5cccc(C(C)(C)C(F)(F)F)n5)c4n3)cc3c2C(CCC3)C1. The van der Waals surface area contributed by atoms with Crippen molar-refractivity contribution in [2.75, 3.05) is 18.9 Å². The van der Waals surface area contributed by atoms with Crippen LogP contribution in [0.1, 0.15) is 55.0 Å². The van der Waals surface area contributed by atoms with Crippen molar-refractivity contribution in [1.82, 2.24) is 24.4 Å². The Bertz CT molecular complexity index is 1540. The van der Waals surface area contributed by atoms with Crippen molar-refractivity contribution in [1.29, 1.82) is 0 Å². The predicted molar refractivity (Wildman–Crippen MR) is 137 cm³/mol. The lowest BCUT2D eigenvalue weighted by Gasteiger charge is -2.37. The summed E-state index contributed by atoms with van der Waals surface area (Å²) in [6.07, 6.45) is 1.45. The van der Waals surface area contributed by atoms with Gasteiger partial charge in [0.25, 0.3) is 0 Å². The Balaban J connectivity index is 1.38. The third-order valence-corrected chi connectivity index (χ3v) is 7.81. The van der Waals surface area contributed by atoms with Crippen molar-refractivity contribution >= 4 is 22.7 Å². The van der Waals surface area contributed by atoms with Gasteiger partial charge in [-0.15, -0.1) is 0 Å². The number of anilines is 2. The van der Waals surface area contributed by atoms with Gasteiger partial charge in [-0.25, -0.2) is 14.4 Å². The molecule has 3 aromatic heterocycles. The molecule has 1 unspecified atom stereocenters. The van der Waals surface area contributed by atoms with Gasteiger partial charge in [-0.3, -0.25) is 4.57 Å². The summed E-state index contributed by atoms with van der Waals surface area (Å²) in [6.45, 7) is 4.09. The van der Waals surface area contributed by atoms with Crippen LogP contribution in [0.25, 0.3) is 16.9 Å². The van der Waals surface area contributed by atoms with E-state index in [9.17, 15) is 17.6 Å². The van der Waals surface area contributed by atoms with E-state index in [2.05, 4.69) is 44.3 Å². The summed E-state index contributed by atoms with van der Waals surface area (Å²) in [7, 11) is 2.13. The average molecular weight is 525 g/mol. The molecule has 0 radical (unpaired) electrons. The second-order valence-corrected chi connectivity index (χ2v) is 10.9. The van der Waals surface area contributed by atoms with Gasteiger partial charge in [0.15, 0.2) is 11.5 Å². The normalized spacial score (nSPS) is 18.0. The third-order valence-electron chi connectivity index (χ3n) is 7.81. The van der Waals surface area contributed by atoms with Crippen molar-refractivity contribution in [3.05, 3.63) is 70.9 Å². The number of pyridine rings is 1. The molecule has 1 atom stereocenters. The van der Waals surface area contributed by atoms with Crippen molar-refractivity contribution in [3.63, 3.8) is 0 Å². The first-order chi connectivity index (χ1) is 18.0. The lowest BCUT2D eigenvalue weighted by atomic mass is 9.77. The Labute approximate surface area is 217 Å². The monoisotopic (exact) mass is 524 g/mol. The Morgan fingerprint density at radius 2 is 1.87 bits per heavy atom. The van der Waals surface area contributed by atoms with E-state index in [0.717, 1.165) is 45.5 Å². The molecular formula is C28H28F4N6. The second-order valence-electron chi connectivity index (χ2n) is 10.9. The molecule has 6 nitrogen and oxygen atoms in total. The molecule has 10 heteroatoms. The largest absolute Gasteiger partial charge is 0.399 e. The van der Waals surface area contributed by atoms with Gasteiger partial charge in [0.2, 0.25) is 5.95 Å². The zero-order valence-electron chi connectivity index (χ0n) is 21.4. The van der Waals surface area contributed by atoms with Crippen molar-refractivity contribution in [2.24, 2.45) is 0 Å². The molecule has 0 spiro atoms. The van der Waals surface area contributed by atoms with Gasteiger partial charge in [0.05, 0.1) is 11.1 Å². The molecule has 38 heavy (non-hydrogen) atoms. The van der Waals surface area contributed by atoms with Crippen LogP contribution in [0.3, 0.4) is 0 Å². The van der Waals surface area contributed by atoms with E-state index in [1.54, 1.807) is 0 Å². The molecular weight excluding hydrogens is 496 g/mol. The predicted octanol–water partition coefficient (Wildman–Crippen LogP) is 6.40. The first-order valence-corrected chi connectivity index (χ1v) is 12.7. The summed E-state index contributed by atoms with van der Waals surface area (Å²) < 4.78 is 57.1. The first kappa shape index (κ1) is 24.8. The minimum atomic E-state index is -4.50. The van der Waals surface area contributed by atoms with E-state index in [1.807, 2.05) is 0 Å². The van der Waals surface area contributed by atoms with Gasteiger partial charge < -0.3 is 10.2 Å². The highest BCUT2D eigenvalue weighted by Crippen LogP contribution is 2.41. The Kier molecular flexibility index (Phi) is 5.71. The fourth-order valence-electron chi connectivity index (χ4n) is 5.69. The van der Waals surface area contributed by atoms with Crippen LogP contribution in [0, 0.1) is 5.82 Å². The molecule has 0 saturated heterocycles. The zero-order chi connectivity index (χ0) is 26.8. The molecule has 4 aromatic rings. The molecule has 0 amide bonds. The number of aromatic nitrogens is 4. The van der Waals surface area contributed by atoms with Gasteiger partial charge in [0.1, 0.15) is 11.2 Å². The number of hydrogen-bond acceptors (Lipinski definition) is 5. The topological polar surface area (TPSA) is 58.9 Å². The van der Waals surface area contributed by atoms with Crippen molar-refractivity contribution in [2.45, 2.75) is 57.2 Å². The van der Waals surface area contributed by atoms with Crippen molar-refractivity contribution < 1.29 is 17.6 Å². The molecule has 2 aliphatic rings. The van der Waals surface area contributed by atoms with Crippen LogP contribution >= 0.6 is 0 Å². The van der Waals surface area contributed by atoms with Crippen LogP contribution in [0.2, 0.25) is 0 Å². The molecule has 0 saturated carbocycles. The minimum absolute atomic E-state index is 0.144. The van der Waals surface area contributed by atoms with Crippen LogP contribution in [0.4, 0.5) is 29.2 Å². The van der Waals surface area contributed by atoms with Gasteiger partial charge in [-0.2, -0.15) is 18.2 Å². The summed E-state index contributed by atoms with van der Waals surface area (Å²) in [5.74, 6) is 0.394. The van der Waals surface area contributed by atoms with E-state index in [1.165, 1.54) is 58.3 Å². The van der Waals surface area contributed by atoms with Crippen LogP contribution in [0.5, 0.6) is 0 Å². The molecule has 0 bridgehead atoms. The number of nitrogens with zero attached hydrogens (tertiary/aromatic N) is 5. The Morgan fingerprint density at radius 1 is 1.08 bits per heavy atom. The molecule has 0 fully saturated rings. The van der Waals surface area contributed by atoms with Crippen LogP contribution in [-0.2, 0) is 18.4 Å². The average Bonchev–Trinajstić information content (AvgIpc) is 3.19. The summed E-state index contributed by atoms with van der Waals surface area (Å²) in [4.78, 5) is 15.4. The fourth-order valence-corrected chi connectivity index (χ4v) is 5.69. The number of halogens is 4. The van der Waals surface area contributed by atoms with Crippen LogP contribution in [-0.4, -0.2) is 44.2 Å². The maximum absolute atomic E-state index is 14.8. The van der Waals surface area contributed by atoms with Gasteiger partial charge in [-0.1, -0.05) is 6.07 Å². The summed E-state index contributed by atoms with van der Waals surface area (Å²) in [5.41, 5.74) is 2.86. The summed E-state index contributed by atoms with van der Waals surface area (Å²) >= 11 is 0. The van der Waals surface area contributed by atoms with Gasteiger partial charge in [0, 0.05) is 31.2 Å². The van der Waals surface area contributed by atoms with E-state index in [0.29, 0.717) is 5.92 Å². The van der Waals surface area contributed by atoms with Crippen molar-refractivity contribution in [3.8, 4) is 5.82 Å². The second kappa shape index (κ2) is 8.76. The van der Waals surface area contributed by atoms with Crippen LogP contribution < -0.4 is 5.32 Å². The molecule has 1 aliphatic heterocycles. The van der Waals surface area contributed by atoms with E-state index in [4.69, 9.17) is 0 Å². The number of alkyl halides is 3. The van der Waals surface area contributed by atoms with E-state index < -0.39 is 17.4 Å². The molecule has 6 rings (SSSR count). The fraction of sp³-hybridized carbons (Fsp3) is 0.393. The number of rotatable bonds is 4. The Hall–Kier alpha value is -3.53. The summed E-state index contributed by atoms with van der Waals surface area (Å²) in [6, 6.07) is 8.62. The molecule has 1 N–H and O–H groups in total. The molecule has 1 aromatic carbocycles.